The number of nitrogens with one attached hydrogen (secondary N) is 1. The molecule has 1 heterocycles. The molecule has 0 saturated heterocycles. The molecule has 1 aromatic carbocycles. The molecule has 1 aliphatic carbocycles. The van der Waals surface area contributed by atoms with Gasteiger partial charge >= 0.3 is 11.9 Å². The second-order valence-electron chi connectivity index (χ2n) is 7.24. The van der Waals surface area contributed by atoms with Gasteiger partial charge < -0.3 is 14.8 Å². The fourth-order valence-electron chi connectivity index (χ4n) is 3.24. The molecule has 2 aromatic rings. The minimum absolute atomic E-state index is 0.116. The summed E-state index contributed by atoms with van der Waals surface area (Å²) in [5.74, 6) is -2.80. The van der Waals surface area contributed by atoms with Gasteiger partial charge in [0, 0.05) is 22.3 Å². The maximum atomic E-state index is 12.6. The zero-order valence-corrected chi connectivity index (χ0v) is 18.1. The van der Waals surface area contributed by atoms with E-state index in [4.69, 9.17) is 9.47 Å². The average Bonchev–Trinajstić information content (AvgIpc) is 3.42. The van der Waals surface area contributed by atoms with Crippen molar-refractivity contribution in [3.8, 4) is 11.1 Å². The van der Waals surface area contributed by atoms with Gasteiger partial charge in [-0.3, -0.25) is 19.7 Å². The maximum absolute atomic E-state index is 12.6. The molecule has 1 saturated carbocycles. The van der Waals surface area contributed by atoms with Crippen LogP contribution in [0.2, 0.25) is 0 Å². The first-order chi connectivity index (χ1) is 14.7. The van der Waals surface area contributed by atoms with Crippen molar-refractivity contribution in [2.75, 3.05) is 18.5 Å². The quantitative estimate of drug-likeness (QED) is 0.374. The number of aryl methyl sites for hydroxylation is 2. The third-order valence-electron chi connectivity index (χ3n) is 4.87. The molecule has 1 amide bonds. The number of anilines is 1. The predicted octanol–water partition coefficient (Wildman–Crippen LogP) is 3.36. The van der Waals surface area contributed by atoms with Gasteiger partial charge in [0.2, 0.25) is 6.04 Å². The zero-order valence-electron chi connectivity index (χ0n) is 17.3. The number of ether oxygens (including phenoxy) is 2. The number of nitro groups is 1. The van der Waals surface area contributed by atoms with Crippen LogP contribution in [0.1, 0.15) is 34.8 Å². The van der Waals surface area contributed by atoms with Crippen molar-refractivity contribution >= 4 is 34.2 Å². The van der Waals surface area contributed by atoms with Gasteiger partial charge in [0.25, 0.3) is 5.91 Å². The Balaban J connectivity index is 1.75. The summed E-state index contributed by atoms with van der Waals surface area (Å²) >= 11 is 1.16. The van der Waals surface area contributed by atoms with Gasteiger partial charge in [-0.25, -0.2) is 4.79 Å². The van der Waals surface area contributed by atoms with Crippen molar-refractivity contribution in [3.63, 3.8) is 0 Å². The van der Waals surface area contributed by atoms with Crippen molar-refractivity contribution in [3.05, 3.63) is 50.4 Å². The van der Waals surface area contributed by atoms with Crippen molar-refractivity contribution in [2.24, 2.45) is 5.92 Å². The highest BCUT2D eigenvalue weighted by molar-refractivity contribution is 7.15. The fraction of sp³-hybridized carbons (Fsp3) is 0.381. The van der Waals surface area contributed by atoms with Gasteiger partial charge in [0.1, 0.15) is 16.5 Å². The molecule has 1 aromatic heterocycles. The highest BCUT2D eigenvalue weighted by Crippen LogP contribution is 2.38. The number of benzene rings is 1. The Morgan fingerprint density at radius 3 is 2.58 bits per heavy atom. The van der Waals surface area contributed by atoms with Crippen molar-refractivity contribution in [1.29, 1.82) is 0 Å². The van der Waals surface area contributed by atoms with Gasteiger partial charge in [0.15, 0.2) is 6.61 Å². The van der Waals surface area contributed by atoms with Crippen LogP contribution in [0.4, 0.5) is 5.00 Å². The first-order valence-electron chi connectivity index (χ1n) is 9.69. The van der Waals surface area contributed by atoms with Crippen LogP contribution in [0.5, 0.6) is 0 Å². The Kier molecular flexibility index (Phi) is 6.69. The summed E-state index contributed by atoms with van der Waals surface area (Å²) in [5, 5.41) is 15.3. The van der Waals surface area contributed by atoms with Crippen LogP contribution in [0.25, 0.3) is 11.1 Å². The molecule has 1 fully saturated rings. The second-order valence-corrected chi connectivity index (χ2v) is 8.12. The first kappa shape index (κ1) is 22.4. The average molecular weight is 446 g/mol. The number of hydrogen-bond donors (Lipinski definition) is 1. The largest absolute Gasteiger partial charge is 0.462 e. The van der Waals surface area contributed by atoms with E-state index < -0.39 is 41.3 Å². The van der Waals surface area contributed by atoms with E-state index >= 15 is 0 Å². The molecule has 9 nitrogen and oxygen atoms in total. The van der Waals surface area contributed by atoms with Crippen LogP contribution >= 0.6 is 11.3 Å². The van der Waals surface area contributed by atoms with Gasteiger partial charge in [-0.05, 0) is 31.9 Å². The minimum Gasteiger partial charge on any atom is -0.462 e. The topological polar surface area (TPSA) is 125 Å². The third-order valence-corrected chi connectivity index (χ3v) is 5.77. The lowest BCUT2D eigenvalue weighted by atomic mass is 9.97. The van der Waals surface area contributed by atoms with E-state index in [2.05, 4.69) is 5.32 Å². The van der Waals surface area contributed by atoms with Gasteiger partial charge in [-0.1, -0.05) is 23.8 Å². The first-order valence-corrected chi connectivity index (χ1v) is 10.6. The summed E-state index contributed by atoms with van der Waals surface area (Å²) in [4.78, 5) is 46.9. The van der Waals surface area contributed by atoms with E-state index in [1.807, 2.05) is 32.0 Å². The molecular weight excluding hydrogens is 424 g/mol. The lowest BCUT2D eigenvalue weighted by molar-refractivity contribution is -0.497. The lowest BCUT2D eigenvalue weighted by Crippen LogP contribution is -2.23. The minimum atomic E-state index is -0.941. The smallest absolute Gasteiger partial charge is 0.341 e. The third kappa shape index (κ3) is 5.08. The number of amides is 1. The molecule has 164 valence electrons. The number of carbonyl (C=O) groups excluding carboxylic acids is 3. The number of hydrogen-bond acceptors (Lipinski definition) is 8. The van der Waals surface area contributed by atoms with Crippen molar-refractivity contribution in [2.45, 2.75) is 33.2 Å². The monoisotopic (exact) mass is 446 g/mol. The molecule has 31 heavy (non-hydrogen) atoms. The predicted molar refractivity (Wildman–Crippen MR) is 114 cm³/mol. The van der Waals surface area contributed by atoms with E-state index in [9.17, 15) is 24.5 Å². The van der Waals surface area contributed by atoms with Crippen LogP contribution in [0.15, 0.2) is 23.6 Å². The van der Waals surface area contributed by atoms with E-state index in [0.717, 1.165) is 28.0 Å². The van der Waals surface area contributed by atoms with E-state index in [1.165, 1.54) is 0 Å². The molecule has 2 atom stereocenters. The van der Waals surface area contributed by atoms with Crippen LogP contribution < -0.4 is 5.32 Å². The Bertz CT molecular complexity index is 1050. The van der Waals surface area contributed by atoms with Crippen LogP contribution in [0, 0.1) is 29.9 Å². The molecule has 3 rings (SSSR count). The van der Waals surface area contributed by atoms with Crippen LogP contribution in [-0.4, -0.2) is 42.0 Å². The molecular formula is C21H22N2O7S. The fourth-order valence-corrected chi connectivity index (χ4v) is 4.21. The van der Waals surface area contributed by atoms with E-state index in [-0.39, 0.29) is 23.6 Å². The molecule has 2 unspecified atom stereocenters. The highest BCUT2D eigenvalue weighted by Gasteiger charge is 2.54. The summed E-state index contributed by atoms with van der Waals surface area (Å²) in [7, 11) is 0. The Labute approximate surface area is 182 Å². The standard InChI is InChI=1S/C21H22N2O7S/c1-4-29-21(26)18-15(13-6-5-11(2)7-12(13)3)10-31-19(18)22-17(24)9-30-20(25)14-8-16(14)23(27)28/h5-7,10,14,16H,4,8-9H2,1-3H3,(H,22,24). The van der Waals surface area contributed by atoms with Gasteiger partial charge in [-0.15, -0.1) is 11.3 Å². The Morgan fingerprint density at radius 1 is 1.23 bits per heavy atom. The van der Waals surface area contributed by atoms with Crippen LogP contribution in [-0.2, 0) is 19.1 Å². The van der Waals surface area contributed by atoms with Crippen molar-refractivity contribution < 1.29 is 28.8 Å². The molecule has 0 aliphatic heterocycles. The molecule has 1 aliphatic rings. The summed E-state index contributed by atoms with van der Waals surface area (Å²) in [6.07, 6.45) is 0.116. The molecule has 0 radical (unpaired) electrons. The maximum Gasteiger partial charge on any atom is 0.341 e. The van der Waals surface area contributed by atoms with E-state index in [1.54, 1.807) is 12.3 Å². The van der Waals surface area contributed by atoms with Gasteiger partial charge in [0.05, 0.1) is 6.61 Å². The number of thiophene rings is 1. The number of esters is 2. The summed E-state index contributed by atoms with van der Waals surface area (Å²) in [5.41, 5.74) is 3.77. The second kappa shape index (κ2) is 9.25. The van der Waals surface area contributed by atoms with Gasteiger partial charge in [-0.2, -0.15) is 0 Å². The Hall–Kier alpha value is -3.27. The zero-order chi connectivity index (χ0) is 22.7. The lowest BCUT2D eigenvalue weighted by Gasteiger charge is -2.11. The highest BCUT2D eigenvalue weighted by atomic mass is 32.1. The number of carbonyl (C=O) groups is 3. The molecule has 10 heteroatoms. The summed E-state index contributed by atoms with van der Waals surface area (Å²) in [6.45, 7) is 5.17. The molecule has 1 N–H and O–H groups in total. The SMILES string of the molecule is CCOC(=O)c1c(-c2ccc(C)cc2C)csc1NC(=O)COC(=O)C1CC1[N+](=O)[O-]. The molecule has 0 spiro atoms. The summed E-state index contributed by atoms with van der Waals surface area (Å²) < 4.78 is 10.1. The van der Waals surface area contributed by atoms with Crippen LogP contribution in [0.3, 0.4) is 0 Å². The summed E-state index contributed by atoms with van der Waals surface area (Å²) in [6, 6.07) is 4.89. The number of nitrogens with zero attached hydrogens (tertiary/aromatic N) is 1. The van der Waals surface area contributed by atoms with E-state index in [0.29, 0.717) is 5.56 Å². The Morgan fingerprint density at radius 2 is 1.97 bits per heavy atom. The molecule has 0 bridgehead atoms. The van der Waals surface area contributed by atoms with Crippen molar-refractivity contribution in [1.82, 2.24) is 0 Å². The normalized spacial score (nSPS) is 17.0. The number of rotatable bonds is 8.